The van der Waals surface area contributed by atoms with E-state index in [4.69, 9.17) is 4.74 Å². The number of nitrogens with zero attached hydrogens (tertiary/aromatic N) is 6. The van der Waals surface area contributed by atoms with Crippen LogP contribution in [0, 0.1) is 11.3 Å². The Morgan fingerprint density at radius 3 is 2.02 bits per heavy atom. The molecule has 1 unspecified atom stereocenters. The Bertz CT molecular complexity index is 1940. The summed E-state index contributed by atoms with van der Waals surface area (Å²) in [5.74, 6) is 0.555. The van der Waals surface area contributed by atoms with Crippen LogP contribution >= 0.6 is 0 Å². The average molecular weight is 739 g/mol. The van der Waals surface area contributed by atoms with Gasteiger partial charge in [0.2, 0.25) is 17.7 Å². The van der Waals surface area contributed by atoms with Crippen molar-refractivity contribution in [3.8, 4) is 11.8 Å². The molecular weight excluding hydrogens is 689 g/mol. The summed E-state index contributed by atoms with van der Waals surface area (Å²) in [6.45, 7) is 10.5. The summed E-state index contributed by atoms with van der Waals surface area (Å²) >= 11 is 0. The molecule has 10 heteroatoms. The lowest BCUT2D eigenvalue weighted by atomic mass is 10.0. The van der Waals surface area contributed by atoms with Gasteiger partial charge < -0.3 is 24.3 Å². The number of amides is 3. The van der Waals surface area contributed by atoms with E-state index in [1.807, 2.05) is 108 Å². The lowest BCUT2D eigenvalue weighted by molar-refractivity contribution is -0.145. The maximum Gasteiger partial charge on any atom is 0.247 e. The molecule has 1 atom stereocenters. The zero-order valence-electron chi connectivity index (χ0n) is 31.8. The molecule has 4 aromatic rings. The van der Waals surface area contributed by atoms with Gasteiger partial charge >= 0.3 is 0 Å². The predicted molar refractivity (Wildman–Crippen MR) is 215 cm³/mol. The maximum atomic E-state index is 14.7. The summed E-state index contributed by atoms with van der Waals surface area (Å²) in [6.07, 6.45) is 3.74. The van der Waals surface area contributed by atoms with Crippen LogP contribution in [-0.2, 0) is 33.9 Å². The number of carbonyl (C=O) groups excluding carboxylic acids is 3. The summed E-state index contributed by atoms with van der Waals surface area (Å²) < 4.78 is 5.60. The van der Waals surface area contributed by atoms with E-state index < -0.39 is 6.04 Å². The van der Waals surface area contributed by atoms with Crippen LogP contribution in [-0.4, -0.2) is 102 Å². The maximum absolute atomic E-state index is 14.7. The van der Waals surface area contributed by atoms with E-state index in [-0.39, 0.29) is 24.3 Å². The minimum Gasteiger partial charge on any atom is -0.494 e. The fraction of sp³-hybridized carbons (Fsp3) is 0.333. The Kier molecular flexibility index (Phi) is 13.3. The van der Waals surface area contributed by atoms with Crippen molar-refractivity contribution in [1.82, 2.24) is 19.6 Å². The number of ether oxygens (including phenoxy) is 1. The molecule has 10 nitrogen and oxygen atoms in total. The van der Waals surface area contributed by atoms with Crippen LogP contribution in [0.25, 0.3) is 6.08 Å². The van der Waals surface area contributed by atoms with Crippen LogP contribution in [0.2, 0.25) is 0 Å². The third-order valence-electron chi connectivity index (χ3n) is 10.4. The van der Waals surface area contributed by atoms with Gasteiger partial charge in [0.1, 0.15) is 11.8 Å². The van der Waals surface area contributed by atoms with Gasteiger partial charge in [-0.1, -0.05) is 66.7 Å². The summed E-state index contributed by atoms with van der Waals surface area (Å²) in [7, 11) is 0. The smallest absolute Gasteiger partial charge is 0.247 e. The molecule has 0 aromatic heterocycles. The quantitative estimate of drug-likeness (QED) is 0.164. The highest BCUT2D eigenvalue weighted by molar-refractivity contribution is 5.96. The van der Waals surface area contributed by atoms with Crippen LogP contribution in [0.15, 0.2) is 109 Å². The molecule has 0 N–H and O–H groups in total. The first kappa shape index (κ1) is 38.8. The van der Waals surface area contributed by atoms with Crippen LogP contribution in [0.5, 0.6) is 5.75 Å². The second kappa shape index (κ2) is 18.9. The standard InChI is InChI=1S/C45H50N6O4/c1-3-55-42-20-15-36(16-21-42)17-22-44(53)51(34-40-13-18-41(19-14-40)49-29-27-48(28-30-49)35(2)52)43(31-37-7-5-4-6-8-37)45(54)50-25-23-47(24-26-50)33-39-11-9-38(32-46)10-12-39/h4-22,43H,3,23-31,33-34H2,1-2H3. The topological polar surface area (TPSA) is 100 Å². The molecule has 2 fully saturated rings. The van der Waals surface area contributed by atoms with Crippen LogP contribution in [0.3, 0.4) is 0 Å². The molecule has 2 aliphatic rings. The van der Waals surface area contributed by atoms with Crippen molar-refractivity contribution in [3.63, 3.8) is 0 Å². The van der Waals surface area contributed by atoms with E-state index in [9.17, 15) is 19.6 Å². The summed E-state index contributed by atoms with van der Waals surface area (Å²) in [4.78, 5) is 51.0. The normalized spacial score (nSPS) is 15.4. The monoisotopic (exact) mass is 738 g/mol. The Labute approximate surface area is 324 Å². The number of hydrogen-bond acceptors (Lipinski definition) is 7. The highest BCUT2D eigenvalue weighted by Gasteiger charge is 2.34. The molecule has 0 bridgehead atoms. The van der Waals surface area contributed by atoms with E-state index in [0.717, 1.165) is 53.3 Å². The summed E-state index contributed by atoms with van der Waals surface area (Å²) in [5.41, 5.74) is 5.59. The van der Waals surface area contributed by atoms with Crippen LogP contribution < -0.4 is 9.64 Å². The van der Waals surface area contributed by atoms with Crippen molar-refractivity contribution in [1.29, 1.82) is 5.26 Å². The first-order chi connectivity index (χ1) is 26.8. The molecule has 2 aliphatic heterocycles. The minimum absolute atomic E-state index is 0.0651. The van der Waals surface area contributed by atoms with Gasteiger partial charge in [-0.3, -0.25) is 19.3 Å². The molecule has 2 heterocycles. The molecule has 0 spiro atoms. The van der Waals surface area contributed by atoms with Gasteiger partial charge in [0, 0.05) is 90.6 Å². The summed E-state index contributed by atoms with van der Waals surface area (Å²) in [6, 6.07) is 34.8. The van der Waals surface area contributed by atoms with Gasteiger partial charge in [-0.25, -0.2) is 0 Å². The highest BCUT2D eigenvalue weighted by atomic mass is 16.5. The van der Waals surface area contributed by atoms with Gasteiger partial charge in [-0.05, 0) is 71.7 Å². The minimum atomic E-state index is -0.732. The van der Waals surface area contributed by atoms with Crippen molar-refractivity contribution in [2.24, 2.45) is 0 Å². The third-order valence-corrected chi connectivity index (χ3v) is 10.4. The van der Waals surface area contributed by atoms with E-state index >= 15 is 0 Å². The second-order valence-corrected chi connectivity index (χ2v) is 14.1. The second-order valence-electron chi connectivity index (χ2n) is 14.1. The molecule has 55 heavy (non-hydrogen) atoms. The number of carbonyl (C=O) groups is 3. The number of rotatable bonds is 13. The molecule has 0 aliphatic carbocycles. The lowest BCUT2D eigenvalue weighted by Gasteiger charge is -2.39. The van der Waals surface area contributed by atoms with Crippen molar-refractivity contribution in [2.45, 2.75) is 39.4 Å². The summed E-state index contributed by atoms with van der Waals surface area (Å²) in [5, 5.41) is 9.17. The predicted octanol–water partition coefficient (Wildman–Crippen LogP) is 5.62. The highest BCUT2D eigenvalue weighted by Crippen LogP contribution is 2.23. The third kappa shape index (κ3) is 10.6. The van der Waals surface area contributed by atoms with Crippen LogP contribution in [0.4, 0.5) is 5.69 Å². The van der Waals surface area contributed by atoms with E-state index in [2.05, 4.69) is 28.0 Å². The van der Waals surface area contributed by atoms with Crippen molar-refractivity contribution >= 4 is 29.5 Å². The van der Waals surface area contributed by atoms with E-state index in [1.165, 1.54) is 0 Å². The Balaban J connectivity index is 1.23. The Hall–Kier alpha value is -5.92. The average Bonchev–Trinajstić information content (AvgIpc) is 3.23. The fourth-order valence-corrected chi connectivity index (χ4v) is 7.18. The molecule has 0 saturated carbocycles. The number of nitriles is 1. The molecular formula is C45H50N6O4. The van der Waals surface area contributed by atoms with Gasteiger partial charge in [0.05, 0.1) is 18.2 Å². The Morgan fingerprint density at radius 1 is 0.764 bits per heavy atom. The number of hydrogen-bond donors (Lipinski definition) is 0. The van der Waals surface area contributed by atoms with Gasteiger partial charge in [0.15, 0.2) is 0 Å². The lowest BCUT2D eigenvalue weighted by Crippen LogP contribution is -2.56. The molecule has 284 valence electrons. The molecule has 6 rings (SSSR count). The number of anilines is 1. The molecule has 3 amide bonds. The van der Waals surface area contributed by atoms with Gasteiger partial charge in [-0.2, -0.15) is 5.26 Å². The number of benzene rings is 4. The van der Waals surface area contributed by atoms with E-state index in [0.29, 0.717) is 57.9 Å². The van der Waals surface area contributed by atoms with Crippen molar-refractivity contribution < 1.29 is 19.1 Å². The van der Waals surface area contributed by atoms with Crippen LogP contribution in [0.1, 0.15) is 41.7 Å². The molecule has 4 aromatic carbocycles. The first-order valence-corrected chi connectivity index (χ1v) is 19.1. The van der Waals surface area contributed by atoms with Crippen molar-refractivity contribution in [2.75, 3.05) is 63.9 Å². The van der Waals surface area contributed by atoms with E-state index in [1.54, 1.807) is 24.0 Å². The largest absolute Gasteiger partial charge is 0.494 e. The Morgan fingerprint density at radius 2 is 1.40 bits per heavy atom. The fourth-order valence-electron chi connectivity index (χ4n) is 7.18. The van der Waals surface area contributed by atoms with Crippen molar-refractivity contribution in [3.05, 3.63) is 137 Å². The molecule has 0 radical (unpaired) electrons. The van der Waals surface area contributed by atoms with Gasteiger partial charge in [-0.15, -0.1) is 0 Å². The SMILES string of the molecule is CCOc1ccc(C=CC(=O)N(Cc2ccc(N3CCN(C(C)=O)CC3)cc2)C(Cc2ccccc2)C(=O)N2CCN(Cc3ccc(C#N)cc3)CC2)cc1. The zero-order chi connectivity index (χ0) is 38.6. The number of piperazine rings is 2. The molecule has 2 saturated heterocycles. The first-order valence-electron chi connectivity index (χ1n) is 19.1. The van der Waals surface area contributed by atoms with Gasteiger partial charge in [0.25, 0.3) is 0 Å². The zero-order valence-corrected chi connectivity index (χ0v) is 31.8.